The normalized spacial score (nSPS) is 19.1. The molecular formula is C25H26ClN3O4. The highest BCUT2D eigenvalue weighted by Gasteiger charge is 2.40. The van der Waals surface area contributed by atoms with Crippen LogP contribution in [0.3, 0.4) is 0 Å². The van der Waals surface area contributed by atoms with Gasteiger partial charge in [-0.05, 0) is 57.7 Å². The quantitative estimate of drug-likeness (QED) is 0.569. The molecule has 2 aliphatic rings. The standard InChI is InChI=1S/C25H26ClN3O4/c1-15-5-3-9-27-23(15)33-14-16-6-4-10-28(16)21-12-20-17(11-19(21)26)22(30)18(24(31)32)13-29(20)25(2)7-8-25/h3,5,9,11-13,16H,4,6-8,10,14H2,1-2H3,(H,31,32). The zero-order valence-electron chi connectivity index (χ0n) is 18.7. The van der Waals surface area contributed by atoms with Crippen LogP contribution < -0.4 is 15.1 Å². The molecule has 0 radical (unpaired) electrons. The van der Waals surface area contributed by atoms with E-state index in [1.54, 1.807) is 12.3 Å². The molecule has 1 saturated heterocycles. The fourth-order valence-electron chi connectivity index (χ4n) is 4.70. The van der Waals surface area contributed by atoms with E-state index in [9.17, 15) is 14.7 Å². The Hall–Kier alpha value is -3.06. The van der Waals surface area contributed by atoms with Gasteiger partial charge in [-0.3, -0.25) is 4.79 Å². The molecule has 7 nitrogen and oxygen atoms in total. The molecule has 33 heavy (non-hydrogen) atoms. The van der Waals surface area contributed by atoms with E-state index >= 15 is 0 Å². The van der Waals surface area contributed by atoms with Crippen molar-refractivity contribution < 1.29 is 14.6 Å². The predicted octanol–water partition coefficient (Wildman–Crippen LogP) is 4.61. The van der Waals surface area contributed by atoms with Crippen molar-refractivity contribution in [3.63, 3.8) is 0 Å². The second-order valence-corrected chi connectivity index (χ2v) is 9.70. The Kier molecular flexibility index (Phi) is 5.32. The minimum absolute atomic E-state index is 0.122. The zero-order valence-corrected chi connectivity index (χ0v) is 19.4. The highest BCUT2D eigenvalue weighted by atomic mass is 35.5. The Balaban J connectivity index is 1.55. The number of carbonyl (C=O) groups is 1. The Morgan fingerprint density at radius 2 is 2.15 bits per heavy atom. The van der Waals surface area contributed by atoms with Gasteiger partial charge in [-0.15, -0.1) is 0 Å². The number of aromatic nitrogens is 2. The van der Waals surface area contributed by atoms with Crippen LogP contribution in [0.1, 0.15) is 48.5 Å². The molecule has 1 unspecified atom stereocenters. The summed E-state index contributed by atoms with van der Waals surface area (Å²) in [4.78, 5) is 31.2. The number of hydrogen-bond donors (Lipinski definition) is 1. The number of pyridine rings is 2. The van der Waals surface area contributed by atoms with Gasteiger partial charge in [0.25, 0.3) is 0 Å². The van der Waals surface area contributed by atoms with Crippen molar-refractivity contribution in [1.29, 1.82) is 0 Å². The molecule has 2 aromatic heterocycles. The Bertz CT molecular complexity index is 1310. The van der Waals surface area contributed by atoms with E-state index in [4.69, 9.17) is 16.3 Å². The van der Waals surface area contributed by atoms with E-state index in [0.717, 1.165) is 49.0 Å². The number of anilines is 1. The van der Waals surface area contributed by atoms with Crippen LogP contribution in [0.5, 0.6) is 5.88 Å². The summed E-state index contributed by atoms with van der Waals surface area (Å²) in [6.07, 6.45) is 7.05. The smallest absolute Gasteiger partial charge is 0.341 e. The number of nitrogens with zero attached hydrogens (tertiary/aromatic N) is 3. The van der Waals surface area contributed by atoms with Crippen molar-refractivity contribution in [2.75, 3.05) is 18.1 Å². The second kappa shape index (κ2) is 8.06. The summed E-state index contributed by atoms with van der Waals surface area (Å²) in [5.41, 5.74) is 1.63. The van der Waals surface area contributed by atoms with E-state index in [-0.39, 0.29) is 17.1 Å². The first-order valence-corrected chi connectivity index (χ1v) is 11.6. The molecule has 5 rings (SSSR count). The van der Waals surface area contributed by atoms with Crippen molar-refractivity contribution in [1.82, 2.24) is 9.55 Å². The first kappa shape index (κ1) is 21.8. The van der Waals surface area contributed by atoms with Crippen molar-refractivity contribution >= 4 is 34.2 Å². The first-order valence-electron chi connectivity index (χ1n) is 11.2. The first-order chi connectivity index (χ1) is 15.8. The minimum Gasteiger partial charge on any atom is -0.477 e. The van der Waals surface area contributed by atoms with Gasteiger partial charge in [0.05, 0.1) is 22.3 Å². The molecule has 8 heteroatoms. The molecule has 0 bridgehead atoms. The van der Waals surface area contributed by atoms with Crippen molar-refractivity contribution in [3.05, 3.63) is 63.0 Å². The Morgan fingerprint density at radius 1 is 1.36 bits per heavy atom. The number of hydrogen-bond acceptors (Lipinski definition) is 5. The number of benzene rings is 1. The zero-order chi connectivity index (χ0) is 23.3. The lowest BCUT2D eigenvalue weighted by molar-refractivity contribution is 0.0694. The lowest BCUT2D eigenvalue weighted by atomic mass is 10.1. The summed E-state index contributed by atoms with van der Waals surface area (Å²) in [6.45, 7) is 5.36. The Morgan fingerprint density at radius 3 is 2.85 bits per heavy atom. The third kappa shape index (κ3) is 3.84. The number of ether oxygens (including phenoxy) is 1. The average Bonchev–Trinajstić information content (AvgIpc) is 3.36. The van der Waals surface area contributed by atoms with Crippen LogP contribution >= 0.6 is 11.6 Å². The summed E-state index contributed by atoms with van der Waals surface area (Å²) < 4.78 is 7.98. The second-order valence-electron chi connectivity index (χ2n) is 9.29. The van der Waals surface area contributed by atoms with E-state index in [2.05, 4.69) is 16.8 Å². The highest BCUT2D eigenvalue weighted by Crippen LogP contribution is 2.45. The van der Waals surface area contributed by atoms with Crippen LogP contribution in [0.2, 0.25) is 5.02 Å². The summed E-state index contributed by atoms with van der Waals surface area (Å²) in [6, 6.07) is 7.55. The Labute approximate surface area is 196 Å². The van der Waals surface area contributed by atoms with Crippen LogP contribution in [-0.4, -0.2) is 39.8 Å². The number of carboxylic acid groups (broad SMARTS) is 1. The highest BCUT2D eigenvalue weighted by molar-refractivity contribution is 6.34. The third-order valence-corrected chi connectivity index (χ3v) is 7.22. The van der Waals surface area contributed by atoms with E-state index < -0.39 is 11.4 Å². The van der Waals surface area contributed by atoms with Gasteiger partial charge in [0, 0.05) is 35.4 Å². The molecule has 2 fully saturated rings. The minimum atomic E-state index is -1.22. The maximum Gasteiger partial charge on any atom is 0.341 e. The number of fused-ring (bicyclic) bond motifs is 1. The van der Waals surface area contributed by atoms with Gasteiger partial charge >= 0.3 is 5.97 Å². The molecule has 1 aliphatic heterocycles. The lowest BCUT2D eigenvalue weighted by Gasteiger charge is -2.29. The van der Waals surface area contributed by atoms with Gasteiger partial charge in [-0.2, -0.15) is 0 Å². The van der Waals surface area contributed by atoms with Gasteiger partial charge in [0.2, 0.25) is 11.3 Å². The topological polar surface area (TPSA) is 84.7 Å². The molecule has 1 saturated carbocycles. The maximum atomic E-state index is 12.9. The third-order valence-electron chi connectivity index (χ3n) is 6.92. The SMILES string of the molecule is Cc1cccnc1OCC1CCCN1c1cc2c(cc1Cl)c(=O)c(C(=O)O)cn2C1(C)CC1. The van der Waals surface area contributed by atoms with Crippen molar-refractivity contribution in [3.8, 4) is 5.88 Å². The van der Waals surface area contributed by atoms with Crippen molar-refractivity contribution in [2.24, 2.45) is 0 Å². The summed E-state index contributed by atoms with van der Waals surface area (Å²) in [7, 11) is 0. The lowest BCUT2D eigenvalue weighted by Crippen LogP contribution is -2.34. The molecule has 1 N–H and O–H groups in total. The molecule has 0 spiro atoms. The van der Waals surface area contributed by atoms with E-state index in [1.807, 2.05) is 29.7 Å². The monoisotopic (exact) mass is 467 g/mol. The molecule has 172 valence electrons. The predicted molar refractivity (Wildman–Crippen MR) is 128 cm³/mol. The molecule has 3 heterocycles. The van der Waals surface area contributed by atoms with E-state index in [0.29, 0.717) is 22.9 Å². The molecule has 1 aliphatic carbocycles. The number of aryl methyl sites for hydroxylation is 1. The van der Waals surface area contributed by atoms with E-state index in [1.165, 1.54) is 6.20 Å². The fraction of sp³-hybridized carbons (Fsp3) is 0.400. The van der Waals surface area contributed by atoms with Gasteiger partial charge in [-0.25, -0.2) is 9.78 Å². The summed E-state index contributed by atoms with van der Waals surface area (Å²) in [5.74, 6) is -0.590. The van der Waals surface area contributed by atoms with Crippen LogP contribution in [0.4, 0.5) is 5.69 Å². The van der Waals surface area contributed by atoms with Crippen molar-refractivity contribution in [2.45, 2.75) is 51.1 Å². The fourth-order valence-corrected chi connectivity index (χ4v) is 4.97. The molecule has 3 aromatic rings. The number of carboxylic acids is 1. The maximum absolute atomic E-state index is 12.9. The number of rotatable bonds is 6. The average molecular weight is 468 g/mol. The van der Waals surface area contributed by atoms with Crippen LogP contribution in [0, 0.1) is 6.92 Å². The summed E-state index contributed by atoms with van der Waals surface area (Å²) >= 11 is 6.69. The molecule has 1 atom stereocenters. The number of halogens is 1. The number of aromatic carboxylic acids is 1. The molecule has 1 aromatic carbocycles. The van der Waals surface area contributed by atoms with Gasteiger partial charge in [-0.1, -0.05) is 17.7 Å². The largest absolute Gasteiger partial charge is 0.477 e. The van der Waals surface area contributed by atoms with Crippen LogP contribution in [0.15, 0.2) is 41.5 Å². The van der Waals surface area contributed by atoms with Crippen LogP contribution in [0.25, 0.3) is 10.9 Å². The van der Waals surface area contributed by atoms with Gasteiger partial charge in [0.1, 0.15) is 12.2 Å². The van der Waals surface area contributed by atoms with Gasteiger partial charge in [0.15, 0.2) is 0 Å². The summed E-state index contributed by atoms with van der Waals surface area (Å²) in [5, 5.41) is 10.3. The van der Waals surface area contributed by atoms with Crippen LogP contribution in [-0.2, 0) is 5.54 Å². The molecule has 0 amide bonds. The van der Waals surface area contributed by atoms with Gasteiger partial charge < -0.3 is 19.3 Å². The molecular weight excluding hydrogens is 442 g/mol.